The molecule has 8 rings (SSSR count). The first-order valence-corrected chi connectivity index (χ1v) is 38.8. The number of rotatable bonds is 18. The van der Waals surface area contributed by atoms with Gasteiger partial charge >= 0.3 is 5.97 Å². The summed E-state index contributed by atoms with van der Waals surface area (Å²) in [7, 11) is 5.08. The summed E-state index contributed by atoms with van der Waals surface area (Å²) in [5, 5.41) is 53.3. The lowest BCUT2D eigenvalue weighted by molar-refractivity contribution is -0.150. The number of nitrogens with one attached hydrogen (secondary N) is 9. The summed E-state index contributed by atoms with van der Waals surface area (Å²) in [6.45, 7) is 2.12. The number of likely N-dealkylation sites (N-methyl/N-ethyl adjacent to an activating group) is 4. The standard InChI is InChI=1S/C81H101N15O18S/c1-47(2)70-76(109)88-57(33-34-69(103)104)77(110)92(4)43-67(101)87-60(37-52-29-31-54(98)32-30-52)78(111)94(6)63(38-50-22-13-9-14-23-50)79(112)93(5)44-66(100)85-59(40-53-41-83-56-27-18-17-26-55(53)56)74(107)91-71(48(3)97)81(114)95(7)64(39-51-24-15-10-16-25-51)80(113)96-35-19-28-62(96)75(108)89-61(72(105)84-42-65(82)99)45-115-46-68(102)86-58(73(106)90-70)36-49-20-11-8-12-21-49/h8-18,20-27,29-32,41,47-48,57-64,70-71,83,97-98H,19,28,33-40,42-46H2,1-7H3,(H2,82,99)(H,84,105)(H,85,100)(H,86,102)(H,87,101)(H,88,109)(H,89,108)(H,90,106)(H,91,107)(H,103,104)/t48-,57+,58+,59+,60+,61+,62+,63+,64+,70+,71+/m1/s1. The van der Waals surface area contributed by atoms with Gasteiger partial charge in [0.1, 0.15) is 66.2 Å². The van der Waals surface area contributed by atoms with Gasteiger partial charge < -0.3 is 93.1 Å². The highest BCUT2D eigenvalue weighted by atomic mass is 32.2. The molecule has 0 bridgehead atoms. The number of phenolic OH excluding ortho intramolecular Hbond substituents is 1. The van der Waals surface area contributed by atoms with Crippen molar-refractivity contribution in [2.45, 2.75) is 145 Å². The van der Waals surface area contributed by atoms with Crippen LogP contribution in [0.3, 0.4) is 0 Å². The number of aromatic amines is 1. The normalized spacial score (nSPS) is 22.9. The fourth-order valence-corrected chi connectivity index (χ4v) is 14.5. The Bertz CT molecular complexity index is 4460. The number of aliphatic hydroxyl groups excluding tert-OH is 1. The van der Waals surface area contributed by atoms with E-state index < -0.39 is 199 Å². The molecule has 2 fully saturated rings. The second-order valence-electron chi connectivity index (χ2n) is 29.1. The number of carboxylic acids is 1. The van der Waals surface area contributed by atoms with Crippen LogP contribution in [0, 0.1) is 5.92 Å². The highest BCUT2D eigenvalue weighted by Crippen LogP contribution is 2.25. The van der Waals surface area contributed by atoms with Gasteiger partial charge in [-0.15, -0.1) is 11.8 Å². The second kappa shape index (κ2) is 42.1. The number of aliphatic carboxylic acids is 1. The molecule has 0 saturated carbocycles. The number of aliphatic hydroxyl groups is 1. The number of benzene rings is 5. The minimum absolute atomic E-state index is 0.0279. The van der Waals surface area contributed by atoms with E-state index >= 15 is 24.0 Å². The van der Waals surface area contributed by atoms with E-state index in [9.17, 15) is 63.3 Å². The molecule has 34 heteroatoms. The molecule has 614 valence electrons. The van der Waals surface area contributed by atoms with Crippen molar-refractivity contribution in [3.63, 3.8) is 0 Å². The number of nitrogens with two attached hydrogens (primary N) is 1. The van der Waals surface area contributed by atoms with Crippen LogP contribution in [-0.2, 0) is 104 Å². The Morgan fingerprint density at radius 1 is 0.530 bits per heavy atom. The van der Waals surface area contributed by atoms with Crippen LogP contribution in [0.25, 0.3) is 10.9 Å². The fourth-order valence-electron chi connectivity index (χ4n) is 13.6. The molecule has 2 saturated heterocycles. The van der Waals surface area contributed by atoms with Crippen LogP contribution in [0.2, 0.25) is 0 Å². The monoisotopic (exact) mass is 1600 g/mol. The van der Waals surface area contributed by atoms with Gasteiger partial charge in [0.2, 0.25) is 82.7 Å². The Labute approximate surface area is 669 Å². The lowest BCUT2D eigenvalue weighted by Crippen LogP contribution is -2.62. The fraction of sp³-hybridized carbons (Fsp3) is 0.420. The zero-order chi connectivity index (χ0) is 83.7. The molecule has 0 aliphatic carbocycles. The molecule has 5 aromatic carbocycles. The number of nitrogens with zero attached hydrogens (tertiary/aromatic N) is 5. The van der Waals surface area contributed by atoms with Crippen molar-refractivity contribution in [1.82, 2.24) is 72.0 Å². The van der Waals surface area contributed by atoms with Crippen molar-refractivity contribution in [3.05, 3.63) is 174 Å². The highest BCUT2D eigenvalue weighted by Gasteiger charge is 2.44. The third-order valence-electron chi connectivity index (χ3n) is 19.9. The quantitative estimate of drug-likeness (QED) is 0.0520. The number of aromatic hydroxyl groups is 1. The average Bonchev–Trinajstić information content (AvgIpc) is 1.78. The van der Waals surface area contributed by atoms with Crippen molar-refractivity contribution in [2.75, 3.05) is 65.9 Å². The molecule has 0 unspecified atom stereocenters. The van der Waals surface area contributed by atoms with Crippen molar-refractivity contribution in [2.24, 2.45) is 11.7 Å². The number of primary amides is 1. The lowest BCUT2D eigenvalue weighted by atomic mass is 10.00. The third-order valence-corrected chi connectivity index (χ3v) is 21.0. The average molecular weight is 1600 g/mol. The van der Waals surface area contributed by atoms with Crippen LogP contribution < -0.4 is 48.3 Å². The number of aromatic nitrogens is 1. The molecule has 14 amide bonds. The molecular weight excluding hydrogens is 1500 g/mol. The van der Waals surface area contributed by atoms with Gasteiger partial charge in [-0.05, 0) is 78.1 Å². The van der Waals surface area contributed by atoms with E-state index in [1.54, 1.807) is 135 Å². The van der Waals surface area contributed by atoms with Crippen molar-refractivity contribution >= 4 is 111 Å². The number of H-pyrrole nitrogens is 1. The van der Waals surface area contributed by atoms with E-state index in [0.29, 0.717) is 38.7 Å². The summed E-state index contributed by atoms with van der Waals surface area (Å²) in [6, 6.07) is 23.2. The van der Waals surface area contributed by atoms with Crippen LogP contribution in [0.5, 0.6) is 5.75 Å². The number of amides is 14. The minimum Gasteiger partial charge on any atom is -0.508 e. The number of carboxylic acid groups (broad SMARTS) is 1. The number of carbonyl (C=O) groups is 15. The van der Waals surface area contributed by atoms with Crippen molar-refractivity contribution in [1.29, 1.82) is 0 Å². The maximum Gasteiger partial charge on any atom is 0.303 e. The predicted octanol–water partition coefficient (Wildman–Crippen LogP) is -0.408. The van der Waals surface area contributed by atoms with Crippen LogP contribution in [0.1, 0.15) is 74.3 Å². The number of hydrogen-bond acceptors (Lipinski definition) is 18. The van der Waals surface area contributed by atoms with Crippen molar-refractivity contribution in [3.8, 4) is 5.75 Å². The minimum atomic E-state index is -1.82. The van der Waals surface area contributed by atoms with Gasteiger partial charge in [-0.3, -0.25) is 71.9 Å². The molecule has 14 N–H and O–H groups in total. The summed E-state index contributed by atoms with van der Waals surface area (Å²) in [4.78, 5) is 224. The Balaban J connectivity index is 1.18. The topological polar surface area (TPSA) is 471 Å². The van der Waals surface area contributed by atoms with Crippen LogP contribution in [-0.4, -0.2) is 266 Å². The number of thioether (sulfide) groups is 1. The van der Waals surface area contributed by atoms with Crippen LogP contribution in [0.4, 0.5) is 0 Å². The molecule has 2 aliphatic heterocycles. The number of phenols is 1. The molecule has 3 heterocycles. The molecule has 0 spiro atoms. The molecule has 33 nitrogen and oxygen atoms in total. The molecule has 1 aromatic heterocycles. The highest BCUT2D eigenvalue weighted by molar-refractivity contribution is 8.00. The van der Waals surface area contributed by atoms with Gasteiger partial charge in [0.05, 0.1) is 31.5 Å². The smallest absolute Gasteiger partial charge is 0.303 e. The SMILES string of the molecule is CC(C)[C@@H]1NC(=O)[C@H](Cc2ccccc2)NC(=O)CSC[C@@H](C(=O)NCC(N)=O)NC(=O)[C@@H]2CCCN2C(=O)[C@H](Cc2ccccc2)N(C)C(=O)[C@H]([C@@H](C)O)NC(=O)[C@H](Cc2c[nH]c3ccccc23)NC(=O)CN(C)C(=O)[C@H](Cc2ccccc2)N(C)C(=O)[C@H](Cc2ccc(O)cc2)NC(=O)CN(C)C(=O)[C@H](CCC(=O)O)NC1=O. The zero-order valence-corrected chi connectivity index (χ0v) is 65.9. The molecule has 0 radical (unpaired) electrons. The molecular formula is C81H101N15O18S. The van der Waals surface area contributed by atoms with Gasteiger partial charge in [0.15, 0.2) is 0 Å². The zero-order valence-electron chi connectivity index (χ0n) is 65.1. The predicted molar refractivity (Wildman–Crippen MR) is 424 cm³/mol. The summed E-state index contributed by atoms with van der Waals surface area (Å²) in [5.41, 5.74) is 8.67. The van der Waals surface area contributed by atoms with Gasteiger partial charge in [-0.25, -0.2) is 0 Å². The molecule has 115 heavy (non-hydrogen) atoms. The molecule has 11 atom stereocenters. The molecule has 6 aromatic rings. The summed E-state index contributed by atoms with van der Waals surface area (Å²) in [5.74, 6) is -15.6. The van der Waals surface area contributed by atoms with E-state index in [4.69, 9.17) is 5.73 Å². The van der Waals surface area contributed by atoms with Gasteiger partial charge in [-0.1, -0.05) is 135 Å². The summed E-state index contributed by atoms with van der Waals surface area (Å²) < 4.78 is 0. The Kier molecular flexibility index (Phi) is 32.3. The summed E-state index contributed by atoms with van der Waals surface area (Å²) >= 11 is 0.829. The third kappa shape index (κ3) is 25.4. The van der Waals surface area contributed by atoms with Crippen LogP contribution in [0.15, 0.2) is 146 Å². The first-order valence-electron chi connectivity index (χ1n) is 37.7. The second-order valence-corrected chi connectivity index (χ2v) is 30.1. The Morgan fingerprint density at radius 3 is 1.61 bits per heavy atom. The Morgan fingerprint density at radius 2 is 1.03 bits per heavy atom. The number of fused-ring (bicyclic) bond motifs is 2. The van der Waals surface area contributed by atoms with Gasteiger partial charge in [0, 0.05) is 96.1 Å². The largest absolute Gasteiger partial charge is 0.508 e. The number of hydrogen-bond donors (Lipinski definition) is 13. The first kappa shape index (κ1) is 88.4. The summed E-state index contributed by atoms with van der Waals surface area (Å²) in [6.07, 6.45) is -1.93. The lowest BCUT2D eigenvalue weighted by Gasteiger charge is -2.36. The number of carbonyl (C=O) groups excluding carboxylic acids is 14. The maximum atomic E-state index is 15.4. The van der Waals surface area contributed by atoms with Gasteiger partial charge in [-0.2, -0.15) is 0 Å². The van der Waals surface area contributed by atoms with E-state index in [2.05, 4.69) is 47.5 Å². The van der Waals surface area contributed by atoms with Crippen molar-refractivity contribution < 1.29 is 87.2 Å². The Hall–Kier alpha value is -12.2. The van der Waals surface area contributed by atoms with Crippen LogP contribution >= 0.6 is 11.8 Å². The van der Waals surface area contributed by atoms with E-state index in [1.807, 2.05) is 0 Å². The number of para-hydroxylation sites is 1. The first-order chi connectivity index (χ1) is 54.8. The van der Waals surface area contributed by atoms with E-state index in [-0.39, 0.29) is 63.0 Å². The van der Waals surface area contributed by atoms with Gasteiger partial charge in [0.25, 0.3) is 0 Å². The van der Waals surface area contributed by atoms with E-state index in [1.165, 1.54) is 64.3 Å². The maximum absolute atomic E-state index is 15.4. The van der Waals surface area contributed by atoms with E-state index in [0.717, 1.165) is 31.4 Å². The molecule has 2 aliphatic rings.